The first-order valence-corrected chi connectivity index (χ1v) is 15.4. The van der Waals surface area contributed by atoms with E-state index in [-0.39, 0.29) is 48.7 Å². The van der Waals surface area contributed by atoms with E-state index in [1.807, 2.05) is 30.3 Å². The number of hydrogen-bond donors (Lipinski definition) is 1. The maximum Gasteiger partial charge on any atom is 0.253 e. The summed E-state index contributed by atoms with van der Waals surface area (Å²) in [5.41, 5.74) is 0.224. The maximum atomic E-state index is 14.6. The molecule has 222 valence electrons. The predicted octanol–water partition coefficient (Wildman–Crippen LogP) is 4.20. The van der Waals surface area contributed by atoms with Crippen LogP contribution in [0.25, 0.3) is 0 Å². The van der Waals surface area contributed by atoms with E-state index in [9.17, 15) is 19.5 Å². The molecule has 3 unspecified atom stereocenters. The average molecular weight is 657 g/mol. The molecule has 5 rings (SSSR count). The number of benzene rings is 2. The van der Waals surface area contributed by atoms with Crippen molar-refractivity contribution in [2.24, 2.45) is 11.8 Å². The number of carbonyl (C=O) groups is 3. The Morgan fingerprint density at radius 3 is 2.45 bits per heavy atom. The summed E-state index contributed by atoms with van der Waals surface area (Å²) in [4.78, 5) is 47.6. The number of fused-ring (bicyclic) bond motifs is 1. The van der Waals surface area contributed by atoms with Gasteiger partial charge in [0, 0.05) is 37.6 Å². The van der Waals surface area contributed by atoms with Gasteiger partial charge in [-0.15, -0.1) is 13.2 Å². The Kier molecular flexibility index (Phi) is 9.23. The smallest absolute Gasteiger partial charge is 0.253 e. The first-order chi connectivity index (χ1) is 20.3. The van der Waals surface area contributed by atoms with E-state index in [1.165, 1.54) is 9.80 Å². The maximum absolute atomic E-state index is 14.6. The first-order valence-electron chi connectivity index (χ1n) is 14.1. The second-order valence-corrected chi connectivity index (χ2v) is 12.5. The molecule has 6 atom stereocenters. The zero-order valence-corrected chi connectivity index (χ0v) is 25.6. The summed E-state index contributed by atoms with van der Waals surface area (Å²) in [6, 6.07) is 15.7. The third-order valence-electron chi connectivity index (χ3n) is 8.46. The zero-order chi connectivity index (χ0) is 30.0. The van der Waals surface area contributed by atoms with E-state index in [2.05, 4.69) is 29.1 Å². The Balaban J connectivity index is 1.55. The highest BCUT2D eigenvalue weighted by Gasteiger charge is 2.76. The van der Waals surface area contributed by atoms with Crippen LogP contribution in [-0.2, 0) is 25.7 Å². The summed E-state index contributed by atoms with van der Waals surface area (Å²) in [6.07, 6.45) is 3.35. The molecule has 0 radical (unpaired) electrons. The number of rotatable bonds is 12. The summed E-state index contributed by atoms with van der Waals surface area (Å²) in [5.74, 6) is -2.52. The number of aliphatic hydroxyl groups excluding tert-OH is 1. The minimum absolute atomic E-state index is 0.150. The summed E-state index contributed by atoms with van der Waals surface area (Å²) in [5, 5.41) is 10.0. The van der Waals surface area contributed by atoms with Crippen LogP contribution in [0.4, 0.5) is 5.69 Å². The Labute approximate surface area is 259 Å². The van der Waals surface area contributed by atoms with Crippen molar-refractivity contribution in [2.75, 3.05) is 31.1 Å². The quantitative estimate of drug-likeness (QED) is 0.273. The van der Waals surface area contributed by atoms with Crippen molar-refractivity contribution in [1.29, 1.82) is 0 Å². The molecule has 2 bridgehead atoms. The monoisotopic (exact) mass is 655 g/mol. The van der Waals surface area contributed by atoms with Crippen LogP contribution in [0, 0.1) is 11.8 Å². The van der Waals surface area contributed by atoms with Crippen molar-refractivity contribution < 1.29 is 24.2 Å². The third-order valence-corrected chi connectivity index (χ3v) is 9.63. The Bertz CT molecular complexity index is 1360. The van der Waals surface area contributed by atoms with E-state index in [4.69, 9.17) is 16.3 Å². The molecule has 0 aliphatic carbocycles. The highest BCUT2D eigenvalue weighted by molar-refractivity contribution is 9.09. The van der Waals surface area contributed by atoms with Crippen LogP contribution in [-0.4, -0.2) is 81.4 Å². The molecule has 8 nitrogen and oxygen atoms in total. The molecule has 3 amide bonds. The number of ether oxygens (including phenoxy) is 1. The fourth-order valence-electron chi connectivity index (χ4n) is 6.83. The number of likely N-dealkylation sites (tertiary alicyclic amines) is 1. The molecule has 3 fully saturated rings. The van der Waals surface area contributed by atoms with E-state index >= 15 is 0 Å². The van der Waals surface area contributed by atoms with Gasteiger partial charge in [-0.2, -0.15) is 0 Å². The van der Waals surface area contributed by atoms with Crippen LogP contribution in [0.1, 0.15) is 18.4 Å². The lowest BCUT2D eigenvalue weighted by molar-refractivity contribution is -0.145. The number of aliphatic hydroxyl groups is 1. The first kappa shape index (κ1) is 30.5. The largest absolute Gasteiger partial charge is 0.396 e. The normalized spacial score (nSPS) is 27.5. The number of para-hydroxylation sites is 1. The molecule has 2 aromatic carbocycles. The second kappa shape index (κ2) is 12.7. The number of alkyl halides is 1. The van der Waals surface area contributed by atoms with E-state index in [0.29, 0.717) is 30.2 Å². The zero-order valence-electron chi connectivity index (χ0n) is 23.3. The fraction of sp³-hybridized carbons (Fsp3) is 0.406. The molecule has 3 aliphatic rings. The van der Waals surface area contributed by atoms with Gasteiger partial charge in [-0.3, -0.25) is 14.4 Å². The number of hydrogen-bond acceptors (Lipinski definition) is 5. The van der Waals surface area contributed by atoms with Gasteiger partial charge in [0.25, 0.3) is 5.91 Å². The van der Waals surface area contributed by atoms with Crippen LogP contribution in [0.5, 0.6) is 0 Å². The molecule has 3 saturated heterocycles. The Morgan fingerprint density at radius 2 is 1.79 bits per heavy atom. The molecule has 2 aromatic rings. The topological polar surface area (TPSA) is 90.4 Å². The lowest BCUT2D eigenvalue weighted by Crippen LogP contribution is -2.57. The molecule has 0 saturated carbocycles. The van der Waals surface area contributed by atoms with Gasteiger partial charge >= 0.3 is 0 Å². The Morgan fingerprint density at radius 1 is 1.10 bits per heavy atom. The van der Waals surface area contributed by atoms with Gasteiger partial charge in [-0.25, -0.2) is 0 Å². The van der Waals surface area contributed by atoms with Gasteiger partial charge in [0.15, 0.2) is 0 Å². The van der Waals surface area contributed by atoms with Crippen molar-refractivity contribution >= 4 is 50.9 Å². The van der Waals surface area contributed by atoms with Crippen molar-refractivity contribution in [2.45, 2.75) is 42.0 Å². The second-order valence-electron chi connectivity index (χ2n) is 11.0. The molecule has 1 spiro atoms. The molecule has 42 heavy (non-hydrogen) atoms. The van der Waals surface area contributed by atoms with Crippen molar-refractivity contribution in [3.8, 4) is 0 Å². The summed E-state index contributed by atoms with van der Waals surface area (Å²) in [7, 11) is 0. The minimum atomic E-state index is -1.23. The number of nitrogens with zero attached hydrogens (tertiary/aromatic N) is 3. The van der Waals surface area contributed by atoms with Crippen molar-refractivity contribution in [3.63, 3.8) is 0 Å². The van der Waals surface area contributed by atoms with Gasteiger partial charge in [-0.1, -0.05) is 82.1 Å². The molecule has 3 heterocycles. The molecule has 10 heteroatoms. The highest BCUT2D eigenvalue weighted by atomic mass is 79.9. The van der Waals surface area contributed by atoms with Crippen molar-refractivity contribution in [3.05, 3.63) is 90.5 Å². The Hall–Kier alpha value is -2.98. The number of amides is 3. The van der Waals surface area contributed by atoms with Crippen molar-refractivity contribution in [1.82, 2.24) is 9.80 Å². The fourth-order valence-corrected chi connectivity index (χ4v) is 8.01. The van der Waals surface area contributed by atoms with Gasteiger partial charge < -0.3 is 24.5 Å². The van der Waals surface area contributed by atoms with Crippen LogP contribution in [0.15, 0.2) is 79.9 Å². The van der Waals surface area contributed by atoms with Gasteiger partial charge in [0.1, 0.15) is 11.6 Å². The van der Waals surface area contributed by atoms with Crippen LogP contribution < -0.4 is 4.90 Å². The molecule has 0 aromatic heterocycles. The summed E-state index contributed by atoms with van der Waals surface area (Å²) >= 11 is 10.3. The lowest BCUT2D eigenvalue weighted by Gasteiger charge is -2.37. The SMILES string of the molecule is C=CCN(Cc1ccccc1)C(=O)[C@H]1[C@H]2C(=O)N(CCCO)C(C(=O)N(CC=C)c3ccccc3Cl)C23CC(Br)[C@@H]1O3. The minimum Gasteiger partial charge on any atom is -0.396 e. The highest BCUT2D eigenvalue weighted by Crippen LogP contribution is 2.60. The van der Waals surface area contributed by atoms with Gasteiger partial charge in [0.05, 0.1) is 28.6 Å². The molecular weight excluding hydrogens is 622 g/mol. The molecule has 3 aliphatic heterocycles. The molecule has 1 N–H and O–H groups in total. The average Bonchev–Trinajstić information content (AvgIpc) is 3.58. The van der Waals surface area contributed by atoms with Crippen LogP contribution >= 0.6 is 27.5 Å². The van der Waals surface area contributed by atoms with Gasteiger partial charge in [0.2, 0.25) is 11.8 Å². The molecular formula is C32H35BrClN3O5. The standard InChI is InChI=1S/C32H35BrClN3O5/c1-3-15-35(20-21-11-6-5-7-12-21)29(39)25-26-30(40)37(17-10-18-38)28(32(26)19-22(33)27(25)42-32)31(41)36(16-4-2)24-14-9-8-13-23(24)34/h3-9,11-14,22,25-28,38H,1-2,10,15-20H2/t22?,25-,26-,27-,28?,32?/m0/s1. The number of anilines is 1. The van der Waals surface area contributed by atoms with Gasteiger partial charge in [-0.05, 0) is 30.5 Å². The van der Waals surface area contributed by atoms with E-state index < -0.39 is 29.6 Å². The van der Waals surface area contributed by atoms with Crippen LogP contribution in [0.2, 0.25) is 5.02 Å². The third kappa shape index (κ3) is 5.21. The van der Waals surface area contributed by atoms with E-state index in [1.54, 1.807) is 41.3 Å². The summed E-state index contributed by atoms with van der Waals surface area (Å²) < 4.78 is 6.67. The lowest BCUT2D eigenvalue weighted by atomic mass is 9.70. The predicted molar refractivity (Wildman–Crippen MR) is 165 cm³/mol. The van der Waals surface area contributed by atoms with E-state index in [0.717, 1.165) is 5.56 Å². The number of halogens is 2. The number of carbonyl (C=O) groups excluding carboxylic acids is 3. The summed E-state index contributed by atoms with van der Waals surface area (Å²) in [6.45, 7) is 8.49. The van der Waals surface area contributed by atoms with Crippen LogP contribution in [0.3, 0.4) is 0 Å².